The molecule has 0 amide bonds. The molecule has 0 radical (unpaired) electrons. The Labute approximate surface area is 122 Å². The number of nitrogens with zero attached hydrogens (tertiary/aromatic N) is 4. The number of hydrogen-bond acceptors (Lipinski definition) is 5. The van der Waals surface area contributed by atoms with Gasteiger partial charge in [0.25, 0.3) is 0 Å². The summed E-state index contributed by atoms with van der Waals surface area (Å²) in [4.78, 5) is 14.1. The molecule has 20 heavy (non-hydrogen) atoms. The summed E-state index contributed by atoms with van der Waals surface area (Å²) in [6, 6.07) is 2.10. The summed E-state index contributed by atoms with van der Waals surface area (Å²) in [7, 11) is 0. The van der Waals surface area contributed by atoms with E-state index < -0.39 is 0 Å². The molecule has 112 valence electrons. The molecular formula is C15H27N5. The maximum atomic E-state index is 5.57. The van der Waals surface area contributed by atoms with Crippen LogP contribution in [-0.4, -0.2) is 54.1 Å². The van der Waals surface area contributed by atoms with Crippen LogP contribution in [0.3, 0.4) is 0 Å². The predicted molar refractivity (Wildman–Crippen MR) is 83.2 cm³/mol. The number of aromatic nitrogens is 2. The molecule has 0 unspecified atom stereocenters. The first-order valence-electron chi connectivity index (χ1n) is 7.63. The molecule has 1 saturated heterocycles. The van der Waals surface area contributed by atoms with Gasteiger partial charge in [0, 0.05) is 43.9 Å². The Morgan fingerprint density at radius 3 is 2.50 bits per heavy atom. The highest BCUT2D eigenvalue weighted by Gasteiger charge is 2.18. The molecule has 1 aromatic heterocycles. The van der Waals surface area contributed by atoms with E-state index in [1.54, 1.807) is 0 Å². The van der Waals surface area contributed by atoms with Crippen molar-refractivity contribution >= 4 is 5.82 Å². The van der Waals surface area contributed by atoms with Gasteiger partial charge in [-0.15, -0.1) is 0 Å². The average molecular weight is 277 g/mol. The normalized spacial score (nSPS) is 16.9. The summed E-state index contributed by atoms with van der Waals surface area (Å²) in [6.45, 7) is 12.5. The largest absolute Gasteiger partial charge is 0.354 e. The number of nitrogens with two attached hydrogens (primary N) is 1. The molecule has 1 fully saturated rings. The number of aryl methyl sites for hydroxylation is 1. The molecule has 2 heterocycles. The Bertz CT molecular complexity index is 424. The van der Waals surface area contributed by atoms with Gasteiger partial charge in [-0.1, -0.05) is 13.8 Å². The van der Waals surface area contributed by atoms with E-state index in [1.165, 1.54) is 0 Å². The minimum atomic E-state index is 0.375. The molecule has 0 saturated carbocycles. The van der Waals surface area contributed by atoms with Crippen molar-refractivity contribution in [1.82, 2.24) is 14.9 Å². The quantitative estimate of drug-likeness (QED) is 0.881. The zero-order valence-corrected chi connectivity index (χ0v) is 13.0. The second kappa shape index (κ2) is 6.99. The maximum Gasteiger partial charge on any atom is 0.133 e. The van der Waals surface area contributed by atoms with Crippen molar-refractivity contribution in [3.05, 3.63) is 17.6 Å². The summed E-state index contributed by atoms with van der Waals surface area (Å²) in [5.41, 5.74) is 6.63. The smallest absolute Gasteiger partial charge is 0.133 e. The molecule has 5 nitrogen and oxygen atoms in total. The van der Waals surface area contributed by atoms with Crippen LogP contribution in [0.25, 0.3) is 0 Å². The Hall–Kier alpha value is -1.20. The molecule has 5 heteroatoms. The van der Waals surface area contributed by atoms with Gasteiger partial charge in [0.2, 0.25) is 0 Å². The van der Waals surface area contributed by atoms with Crippen molar-refractivity contribution in [2.45, 2.75) is 33.1 Å². The van der Waals surface area contributed by atoms with Crippen molar-refractivity contribution in [2.24, 2.45) is 5.73 Å². The van der Waals surface area contributed by atoms with E-state index >= 15 is 0 Å². The summed E-state index contributed by atoms with van der Waals surface area (Å²) in [5, 5.41) is 0. The van der Waals surface area contributed by atoms with Gasteiger partial charge < -0.3 is 10.6 Å². The van der Waals surface area contributed by atoms with Gasteiger partial charge >= 0.3 is 0 Å². The highest BCUT2D eigenvalue weighted by molar-refractivity contribution is 5.40. The van der Waals surface area contributed by atoms with E-state index in [2.05, 4.69) is 41.6 Å². The third-order valence-corrected chi connectivity index (χ3v) is 3.75. The number of anilines is 1. The Morgan fingerprint density at radius 2 is 1.90 bits per heavy atom. The second-order valence-electron chi connectivity index (χ2n) is 5.85. The van der Waals surface area contributed by atoms with Crippen LogP contribution in [-0.2, 0) is 0 Å². The van der Waals surface area contributed by atoms with Crippen LogP contribution in [0.15, 0.2) is 6.07 Å². The van der Waals surface area contributed by atoms with Crippen molar-refractivity contribution in [2.75, 3.05) is 44.2 Å². The lowest BCUT2D eigenvalue weighted by Crippen LogP contribution is -2.47. The fourth-order valence-corrected chi connectivity index (χ4v) is 2.51. The zero-order chi connectivity index (χ0) is 14.5. The van der Waals surface area contributed by atoms with E-state index in [0.717, 1.165) is 63.0 Å². The minimum Gasteiger partial charge on any atom is -0.354 e. The van der Waals surface area contributed by atoms with Crippen LogP contribution >= 0.6 is 0 Å². The average Bonchev–Trinajstić information content (AvgIpc) is 2.45. The van der Waals surface area contributed by atoms with Gasteiger partial charge in [0.05, 0.1) is 0 Å². The second-order valence-corrected chi connectivity index (χ2v) is 5.85. The molecule has 1 aliphatic heterocycles. The monoisotopic (exact) mass is 277 g/mol. The fourth-order valence-electron chi connectivity index (χ4n) is 2.51. The first-order valence-corrected chi connectivity index (χ1v) is 7.63. The lowest BCUT2D eigenvalue weighted by Gasteiger charge is -2.35. The van der Waals surface area contributed by atoms with Gasteiger partial charge in [-0.25, -0.2) is 9.97 Å². The Balaban J connectivity index is 1.99. The van der Waals surface area contributed by atoms with E-state index in [9.17, 15) is 0 Å². The van der Waals surface area contributed by atoms with Gasteiger partial charge in [-0.2, -0.15) is 0 Å². The van der Waals surface area contributed by atoms with Crippen LogP contribution in [0.2, 0.25) is 0 Å². The summed E-state index contributed by atoms with van der Waals surface area (Å²) >= 11 is 0. The van der Waals surface area contributed by atoms with Gasteiger partial charge in [0.1, 0.15) is 11.6 Å². The highest BCUT2D eigenvalue weighted by atomic mass is 15.3. The number of piperazine rings is 1. The molecule has 2 N–H and O–H groups in total. The van der Waals surface area contributed by atoms with E-state index in [4.69, 9.17) is 10.7 Å². The van der Waals surface area contributed by atoms with Crippen molar-refractivity contribution < 1.29 is 0 Å². The first-order chi connectivity index (χ1) is 9.60. The predicted octanol–water partition coefficient (Wildman–Crippen LogP) is 1.38. The SMILES string of the molecule is Cc1cc(N2CCN(CCCN)CC2)nc(C(C)C)n1. The van der Waals surface area contributed by atoms with E-state index in [-0.39, 0.29) is 0 Å². The first kappa shape index (κ1) is 15.2. The molecule has 0 spiro atoms. The molecule has 1 aliphatic rings. The molecule has 0 bridgehead atoms. The summed E-state index contributed by atoms with van der Waals surface area (Å²) in [6.07, 6.45) is 1.09. The summed E-state index contributed by atoms with van der Waals surface area (Å²) < 4.78 is 0. The molecule has 0 aliphatic carbocycles. The topological polar surface area (TPSA) is 58.3 Å². The molecule has 0 aromatic carbocycles. The Morgan fingerprint density at radius 1 is 1.20 bits per heavy atom. The molecule has 2 rings (SSSR count). The maximum absolute atomic E-state index is 5.57. The molecule has 1 aromatic rings. The van der Waals surface area contributed by atoms with Crippen molar-refractivity contribution in [3.63, 3.8) is 0 Å². The highest BCUT2D eigenvalue weighted by Crippen LogP contribution is 2.18. The number of rotatable bonds is 5. The van der Waals surface area contributed by atoms with E-state index in [1.807, 2.05) is 0 Å². The lowest BCUT2D eigenvalue weighted by atomic mass is 10.2. The van der Waals surface area contributed by atoms with E-state index in [0.29, 0.717) is 5.92 Å². The Kier molecular flexibility index (Phi) is 5.31. The van der Waals surface area contributed by atoms with Gasteiger partial charge in [-0.05, 0) is 26.4 Å². The van der Waals surface area contributed by atoms with Crippen LogP contribution in [0.4, 0.5) is 5.82 Å². The van der Waals surface area contributed by atoms with Crippen molar-refractivity contribution in [1.29, 1.82) is 0 Å². The minimum absolute atomic E-state index is 0.375. The van der Waals surface area contributed by atoms with Crippen LogP contribution in [0, 0.1) is 6.92 Å². The van der Waals surface area contributed by atoms with Gasteiger partial charge in [-0.3, -0.25) is 4.90 Å². The lowest BCUT2D eigenvalue weighted by molar-refractivity contribution is 0.256. The van der Waals surface area contributed by atoms with Gasteiger partial charge in [0.15, 0.2) is 0 Å². The summed E-state index contributed by atoms with van der Waals surface area (Å²) in [5.74, 6) is 2.41. The third kappa shape index (κ3) is 3.90. The molecular weight excluding hydrogens is 250 g/mol. The van der Waals surface area contributed by atoms with Crippen molar-refractivity contribution in [3.8, 4) is 0 Å². The van der Waals surface area contributed by atoms with Crippen LogP contribution < -0.4 is 10.6 Å². The zero-order valence-electron chi connectivity index (χ0n) is 13.0. The molecule has 0 atom stereocenters. The number of hydrogen-bond donors (Lipinski definition) is 1. The van der Waals surface area contributed by atoms with Crippen LogP contribution in [0.5, 0.6) is 0 Å². The fraction of sp³-hybridized carbons (Fsp3) is 0.733. The standard InChI is InChI=1S/C15H27N5/c1-12(2)15-17-13(3)11-14(18-15)20-9-7-19(8-10-20)6-4-5-16/h11-12H,4-10,16H2,1-3H3. The third-order valence-electron chi connectivity index (χ3n) is 3.75. The van der Waals surface area contributed by atoms with Crippen LogP contribution in [0.1, 0.15) is 37.7 Å².